The summed E-state index contributed by atoms with van der Waals surface area (Å²) in [5, 5.41) is 0.122. The molecule has 0 saturated heterocycles. The Labute approximate surface area is 123 Å². The van der Waals surface area contributed by atoms with Gasteiger partial charge in [-0.2, -0.15) is 0 Å². The molecule has 0 atom stereocenters. The second kappa shape index (κ2) is 7.81. The molecule has 0 unspecified atom stereocenters. The van der Waals surface area contributed by atoms with Crippen LogP contribution < -0.4 is 0 Å². The number of halogens is 1. The van der Waals surface area contributed by atoms with E-state index < -0.39 is 0 Å². The van der Waals surface area contributed by atoms with Gasteiger partial charge in [0.05, 0.1) is 12.2 Å². The number of nitrogens with zero attached hydrogens (tertiary/aromatic N) is 3. The summed E-state index contributed by atoms with van der Waals surface area (Å²) in [6.07, 6.45) is 1.50. The fourth-order valence-corrected chi connectivity index (χ4v) is 1.67. The lowest BCUT2D eigenvalue weighted by atomic mass is 10.2. The molecule has 20 heavy (non-hydrogen) atoms. The summed E-state index contributed by atoms with van der Waals surface area (Å²) < 4.78 is 4.96. The molecule has 0 aliphatic rings. The third-order valence-corrected chi connectivity index (χ3v) is 2.97. The van der Waals surface area contributed by atoms with E-state index >= 15 is 0 Å². The number of likely N-dealkylation sites (N-methyl/N-ethyl adjacent to an activating group) is 1. The van der Waals surface area contributed by atoms with Crippen molar-refractivity contribution in [3.05, 3.63) is 29.0 Å². The Morgan fingerprint density at radius 1 is 1.40 bits per heavy atom. The number of aromatic nitrogens is 1. The predicted octanol–water partition coefficient (Wildman–Crippen LogP) is 0.912. The quantitative estimate of drug-likeness (QED) is 0.733. The van der Waals surface area contributed by atoms with Crippen LogP contribution in [0.3, 0.4) is 0 Å². The molecular formula is C13H18ClN3O3. The Hall–Kier alpha value is -1.66. The molecule has 1 aromatic heterocycles. The number of rotatable bonds is 6. The Morgan fingerprint density at radius 3 is 2.65 bits per heavy atom. The van der Waals surface area contributed by atoms with Crippen LogP contribution in [0, 0.1) is 0 Å². The zero-order chi connectivity index (χ0) is 15.1. The van der Waals surface area contributed by atoms with E-state index in [4.69, 9.17) is 16.3 Å². The van der Waals surface area contributed by atoms with Gasteiger partial charge >= 0.3 is 0 Å². The SMILES string of the molecule is COCCN(CC(=O)N(C)C)C(=O)c1cccnc1Cl. The van der Waals surface area contributed by atoms with Gasteiger partial charge in [0.1, 0.15) is 11.7 Å². The van der Waals surface area contributed by atoms with Crippen LogP contribution in [0.15, 0.2) is 18.3 Å². The number of carbonyl (C=O) groups excluding carboxylic acids is 2. The van der Waals surface area contributed by atoms with E-state index in [0.29, 0.717) is 13.2 Å². The zero-order valence-corrected chi connectivity index (χ0v) is 12.6. The monoisotopic (exact) mass is 299 g/mol. The Morgan fingerprint density at radius 2 is 2.10 bits per heavy atom. The zero-order valence-electron chi connectivity index (χ0n) is 11.8. The van der Waals surface area contributed by atoms with Crippen LogP contribution in [0.25, 0.3) is 0 Å². The first kappa shape index (κ1) is 16.4. The lowest BCUT2D eigenvalue weighted by Gasteiger charge is -2.23. The van der Waals surface area contributed by atoms with E-state index in [0.717, 1.165) is 0 Å². The standard InChI is InChI=1S/C13H18ClN3O3/c1-16(2)11(18)9-17(7-8-20-3)13(19)10-5-4-6-15-12(10)14/h4-6H,7-9H2,1-3H3. The van der Waals surface area contributed by atoms with Crippen molar-refractivity contribution in [2.24, 2.45) is 0 Å². The molecule has 110 valence electrons. The molecule has 0 bridgehead atoms. The number of hydrogen-bond acceptors (Lipinski definition) is 4. The van der Waals surface area contributed by atoms with Gasteiger partial charge in [-0.1, -0.05) is 11.6 Å². The third kappa shape index (κ3) is 4.47. The number of ether oxygens (including phenoxy) is 1. The molecule has 6 nitrogen and oxygen atoms in total. The third-order valence-electron chi connectivity index (χ3n) is 2.67. The van der Waals surface area contributed by atoms with Gasteiger partial charge in [-0.3, -0.25) is 9.59 Å². The summed E-state index contributed by atoms with van der Waals surface area (Å²) in [6, 6.07) is 3.21. The van der Waals surface area contributed by atoms with Crippen LogP contribution in [0.2, 0.25) is 5.15 Å². The normalized spacial score (nSPS) is 10.2. The molecule has 0 spiro atoms. The van der Waals surface area contributed by atoms with Gasteiger partial charge in [-0.15, -0.1) is 0 Å². The van der Waals surface area contributed by atoms with Gasteiger partial charge in [-0.25, -0.2) is 4.98 Å². The predicted molar refractivity (Wildman–Crippen MR) is 75.7 cm³/mol. The molecule has 7 heteroatoms. The highest BCUT2D eigenvalue weighted by molar-refractivity contribution is 6.32. The van der Waals surface area contributed by atoms with Crippen LogP contribution in [-0.2, 0) is 9.53 Å². The molecule has 2 amide bonds. The number of hydrogen-bond donors (Lipinski definition) is 0. The summed E-state index contributed by atoms with van der Waals surface area (Å²) in [7, 11) is 4.81. The Bertz CT molecular complexity index is 480. The summed E-state index contributed by atoms with van der Waals surface area (Å²) in [6.45, 7) is 0.616. The minimum absolute atomic E-state index is 0.0274. The molecule has 1 heterocycles. The van der Waals surface area contributed by atoms with Crippen molar-refractivity contribution in [2.75, 3.05) is 40.9 Å². The average Bonchev–Trinajstić information content (AvgIpc) is 2.42. The largest absolute Gasteiger partial charge is 0.383 e. The van der Waals surface area contributed by atoms with Crippen LogP contribution in [0.1, 0.15) is 10.4 Å². The van der Waals surface area contributed by atoms with Gasteiger partial charge in [0.2, 0.25) is 5.91 Å². The number of pyridine rings is 1. The van der Waals surface area contributed by atoms with Gasteiger partial charge in [0.25, 0.3) is 5.91 Å². The van der Waals surface area contributed by atoms with Crippen LogP contribution >= 0.6 is 11.6 Å². The highest BCUT2D eigenvalue weighted by Gasteiger charge is 2.21. The first-order valence-corrected chi connectivity index (χ1v) is 6.44. The van der Waals surface area contributed by atoms with Crippen molar-refractivity contribution < 1.29 is 14.3 Å². The Balaban J connectivity index is 2.89. The molecule has 1 rings (SSSR count). The average molecular weight is 300 g/mol. The summed E-state index contributed by atoms with van der Waals surface area (Å²) >= 11 is 5.91. The van der Waals surface area contributed by atoms with Crippen molar-refractivity contribution >= 4 is 23.4 Å². The fourth-order valence-electron chi connectivity index (χ4n) is 1.47. The van der Waals surface area contributed by atoms with Crippen molar-refractivity contribution in [3.8, 4) is 0 Å². The van der Waals surface area contributed by atoms with Crippen molar-refractivity contribution in [3.63, 3.8) is 0 Å². The Kier molecular flexibility index (Phi) is 6.41. The molecule has 1 aromatic rings. The van der Waals surface area contributed by atoms with E-state index in [1.165, 1.54) is 23.1 Å². The van der Waals surface area contributed by atoms with Crippen LogP contribution in [0.5, 0.6) is 0 Å². The highest BCUT2D eigenvalue weighted by atomic mass is 35.5. The molecule has 0 N–H and O–H groups in total. The maximum atomic E-state index is 12.4. The van der Waals surface area contributed by atoms with E-state index in [1.807, 2.05) is 0 Å². The second-order valence-electron chi connectivity index (χ2n) is 4.35. The van der Waals surface area contributed by atoms with E-state index in [1.54, 1.807) is 26.2 Å². The van der Waals surface area contributed by atoms with E-state index in [9.17, 15) is 9.59 Å². The van der Waals surface area contributed by atoms with Gasteiger partial charge in [0, 0.05) is 33.9 Å². The van der Waals surface area contributed by atoms with Crippen molar-refractivity contribution in [1.82, 2.24) is 14.8 Å². The van der Waals surface area contributed by atoms with Gasteiger partial charge in [0.15, 0.2) is 0 Å². The van der Waals surface area contributed by atoms with Crippen molar-refractivity contribution in [2.45, 2.75) is 0 Å². The first-order valence-electron chi connectivity index (χ1n) is 6.06. The number of amides is 2. The van der Waals surface area contributed by atoms with Crippen LogP contribution in [-0.4, -0.2) is 67.5 Å². The molecule has 0 fully saturated rings. The first-order chi connectivity index (χ1) is 9.47. The molecule has 0 aliphatic carbocycles. The van der Waals surface area contributed by atoms with E-state index in [2.05, 4.69) is 4.98 Å². The summed E-state index contributed by atoms with van der Waals surface area (Å²) in [5.74, 6) is -0.509. The minimum atomic E-state index is -0.338. The summed E-state index contributed by atoms with van der Waals surface area (Å²) in [4.78, 5) is 30.9. The summed E-state index contributed by atoms with van der Waals surface area (Å²) in [5.41, 5.74) is 0.275. The number of methoxy groups -OCH3 is 1. The molecule has 0 aliphatic heterocycles. The van der Waals surface area contributed by atoms with Crippen LogP contribution in [0.4, 0.5) is 0 Å². The fraction of sp³-hybridized carbons (Fsp3) is 0.462. The topological polar surface area (TPSA) is 62.7 Å². The highest BCUT2D eigenvalue weighted by Crippen LogP contribution is 2.14. The molecule has 0 saturated carbocycles. The lowest BCUT2D eigenvalue weighted by molar-refractivity contribution is -0.129. The maximum Gasteiger partial charge on any atom is 0.257 e. The van der Waals surface area contributed by atoms with Gasteiger partial charge < -0.3 is 14.5 Å². The van der Waals surface area contributed by atoms with Crippen molar-refractivity contribution in [1.29, 1.82) is 0 Å². The maximum absolute atomic E-state index is 12.4. The lowest BCUT2D eigenvalue weighted by Crippen LogP contribution is -2.42. The number of carbonyl (C=O) groups is 2. The van der Waals surface area contributed by atoms with E-state index in [-0.39, 0.29) is 29.1 Å². The second-order valence-corrected chi connectivity index (χ2v) is 4.71. The molecule has 0 radical (unpaired) electrons. The molecular weight excluding hydrogens is 282 g/mol. The molecule has 0 aromatic carbocycles. The minimum Gasteiger partial charge on any atom is -0.383 e. The van der Waals surface area contributed by atoms with Gasteiger partial charge in [-0.05, 0) is 12.1 Å². The smallest absolute Gasteiger partial charge is 0.257 e.